The number of benzene rings is 3. The molecule has 1 aliphatic heterocycles. The summed E-state index contributed by atoms with van der Waals surface area (Å²) in [7, 11) is 0. The Labute approximate surface area is 194 Å². The molecule has 0 saturated carbocycles. The highest BCUT2D eigenvalue weighted by Crippen LogP contribution is 2.44. The third-order valence-electron chi connectivity index (χ3n) is 6.17. The van der Waals surface area contributed by atoms with E-state index in [1.807, 2.05) is 62.4 Å². The molecule has 1 heterocycles. The lowest BCUT2D eigenvalue weighted by atomic mass is 9.76. The summed E-state index contributed by atoms with van der Waals surface area (Å²) in [5.74, 6) is 0.143. The zero-order chi connectivity index (χ0) is 23.6. The molecule has 0 radical (unpaired) electrons. The highest BCUT2D eigenvalue weighted by Gasteiger charge is 2.40. The van der Waals surface area contributed by atoms with Crippen LogP contribution in [0.5, 0.6) is 11.5 Å². The van der Waals surface area contributed by atoms with Gasteiger partial charge in [0.15, 0.2) is 0 Å². The minimum atomic E-state index is -0.969. The van der Waals surface area contributed by atoms with Crippen LogP contribution in [0.2, 0.25) is 0 Å². The molecule has 33 heavy (non-hydrogen) atoms. The lowest BCUT2D eigenvalue weighted by Crippen LogP contribution is -2.49. The van der Waals surface area contributed by atoms with Crippen molar-refractivity contribution in [2.45, 2.75) is 38.8 Å². The summed E-state index contributed by atoms with van der Waals surface area (Å²) >= 11 is 0. The SMILES string of the molecule is CC(C)Oc1ccc(N2CCc3cc(O)ccc3C2(C)c2ccc(/C=C/C(=O)O)cc2)cc1. The minimum Gasteiger partial charge on any atom is -0.508 e. The van der Waals surface area contributed by atoms with E-state index in [1.165, 1.54) is 0 Å². The second-order valence-corrected chi connectivity index (χ2v) is 8.77. The van der Waals surface area contributed by atoms with Crippen LogP contribution < -0.4 is 9.64 Å². The Morgan fingerprint density at radius 2 is 1.76 bits per heavy atom. The van der Waals surface area contributed by atoms with Crippen molar-refractivity contribution in [1.82, 2.24) is 0 Å². The Bertz CT molecular complexity index is 1170. The Morgan fingerprint density at radius 1 is 1.06 bits per heavy atom. The lowest BCUT2D eigenvalue weighted by Gasteiger charge is -2.48. The first-order valence-corrected chi connectivity index (χ1v) is 11.2. The van der Waals surface area contributed by atoms with Crippen LogP contribution in [0.3, 0.4) is 0 Å². The van der Waals surface area contributed by atoms with Gasteiger partial charge in [0.1, 0.15) is 11.5 Å². The number of hydrogen-bond acceptors (Lipinski definition) is 4. The van der Waals surface area contributed by atoms with E-state index in [2.05, 4.69) is 24.0 Å². The molecule has 1 atom stereocenters. The van der Waals surface area contributed by atoms with Crippen LogP contribution in [0.15, 0.2) is 72.8 Å². The smallest absolute Gasteiger partial charge is 0.328 e. The number of carboxylic acids is 1. The number of carbonyl (C=O) groups is 1. The van der Waals surface area contributed by atoms with Gasteiger partial charge < -0.3 is 19.8 Å². The van der Waals surface area contributed by atoms with Gasteiger partial charge in [0, 0.05) is 18.3 Å². The van der Waals surface area contributed by atoms with Crippen molar-refractivity contribution in [3.63, 3.8) is 0 Å². The molecule has 0 aromatic heterocycles. The van der Waals surface area contributed by atoms with Crippen molar-refractivity contribution in [3.8, 4) is 11.5 Å². The average molecular weight is 444 g/mol. The maximum atomic E-state index is 10.9. The Morgan fingerprint density at radius 3 is 2.39 bits per heavy atom. The first kappa shape index (κ1) is 22.5. The number of anilines is 1. The van der Waals surface area contributed by atoms with Crippen molar-refractivity contribution in [3.05, 3.63) is 95.1 Å². The molecular formula is C28H29NO4. The monoisotopic (exact) mass is 443 g/mol. The molecule has 5 heteroatoms. The summed E-state index contributed by atoms with van der Waals surface area (Å²) in [5.41, 5.74) is 4.79. The Hall–Kier alpha value is -3.73. The third kappa shape index (κ3) is 4.58. The van der Waals surface area contributed by atoms with Crippen LogP contribution >= 0.6 is 0 Å². The molecule has 0 spiro atoms. The fraction of sp³-hybridized carbons (Fsp3) is 0.250. The molecule has 0 aliphatic carbocycles. The molecule has 2 N–H and O–H groups in total. The van der Waals surface area contributed by atoms with Gasteiger partial charge in [-0.15, -0.1) is 0 Å². The molecule has 1 unspecified atom stereocenters. The van der Waals surface area contributed by atoms with E-state index in [0.29, 0.717) is 0 Å². The van der Waals surface area contributed by atoms with Crippen LogP contribution in [0, 0.1) is 0 Å². The quantitative estimate of drug-likeness (QED) is 0.485. The number of aliphatic carboxylic acids is 1. The molecule has 4 rings (SSSR count). The summed E-state index contributed by atoms with van der Waals surface area (Å²) in [6.07, 6.45) is 3.67. The Kier molecular flexibility index (Phi) is 6.14. The molecule has 5 nitrogen and oxygen atoms in total. The van der Waals surface area contributed by atoms with Gasteiger partial charge in [-0.1, -0.05) is 30.3 Å². The van der Waals surface area contributed by atoms with Crippen LogP contribution in [-0.2, 0) is 16.8 Å². The fourth-order valence-corrected chi connectivity index (χ4v) is 4.62. The topological polar surface area (TPSA) is 70.0 Å². The van der Waals surface area contributed by atoms with E-state index in [4.69, 9.17) is 9.84 Å². The van der Waals surface area contributed by atoms with E-state index in [9.17, 15) is 9.90 Å². The molecule has 0 fully saturated rings. The Balaban J connectivity index is 1.78. The number of rotatable bonds is 6. The predicted octanol–water partition coefficient (Wildman–Crippen LogP) is 5.60. The highest BCUT2D eigenvalue weighted by molar-refractivity contribution is 5.85. The molecule has 1 aliphatic rings. The molecule has 0 amide bonds. The molecule has 3 aromatic carbocycles. The van der Waals surface area contributed by atoms with E-state index in [1.54, 1.807) is 12.1 Å². The summed E-state index contributed by atoms with van der Waals surface area (Å²) in [5, 5.41) is 19.0. The van der Waals surface area contributed by atoms with Gasteiger partial charge in [0.2, 0.25) is 0 Å². The maximum absolute atomic E-state index is 10.9. The van der Waals surface area contributed by atoms with Crippen LogP contribution in [0.25, 0.3) is 6.08 Å². The second-order valence-electron chi connectivity index (χ2n) is 8.77. The van der Waals surface area contributed by atoms with Gasteiger partial charge in [0.05, 0.1) is 11.6 Å². The normalized spacial score (nSPS) is 17.9. The van der Waals surface area contributed by atoms with Crippen molar-refractivity contribution in [1.29, 1.82) is 0 Å². The van der Waals surface area contributed by atoms with Gasteiger partial charge >= 0.3 is 5.97 Å². The van der Waals surface area contributed by atoms with Crippen molar-refractivity contribution in [2.24, 2.45) is 0 Å². The fourth-order valence-electron chi connectivity index (χ4n) is 4.62. The van der Waals surface area contributed by atoms with E-state index < -0.39 is 11.5 Å². The molecule has 3 aromatic rings. The predicted molar refractivity (Wildman–Crippen MR) is 131 cm³/mol. The zero-order valence-electron chi connectivity index (χ0n) is 19.2. The number of fused-ring (bicyclic) bond motifs is 1. The van der Waals surface area contributed by atoms with E-state index >= 15 is 0 Å². The summed E-state index contributed by atoms with van der Waals surface area (Å²) in [4.78, 5) is 13.2. The number of hydrogen-bond donors (Lipinski definition) is 2. The standard InChI is InChI=1S/C28H29NO4/c1-19(2)33-25-12-9-23(10-13-25)29-17-16-21-18-24(30)11-14-26(21)28(29,3)22-7-4-20(5-8-22)6-15-27(31)32/h4-15,18-19,30H,16-17H2,1-3H3,(H,31,32)/b15-6+. The summed E-state index contributed by atoms with van der Waals surface area (Å²) in [6, 6.07) is 21.8. The van der Waals surface area contributed by atoms with Gasteiger partial charge in [0.25, 0.3) is 0 Å². The van der Waals surface area contributed by atoms with Crippen molar-refractivity contribution in [2.75, 3.05) is 11.4 Å². The number of carboxylic acid groups (broad SMARTS) is 1. The second kappa shape index (κ2) is 9.02. The van der Waals surface area contributed by atoms with Crippen molar-refractivity contribution < 1.29 is 19.7 Å². The number of aromatic hydroxyl groups is 1. The zero-order valence-corrected chi connectivity index (χ0v) is 19.2. The van der Waals surface area contributed by atoms with Gasteiger partial charge in [-0.3, -0.25) is 0 Å². The number of ether oxygens (including phenoxy) is 1. The highest BCUT2D eigenvalue weighted by atomic mass is 16.5. The van der Waals surface area contributed by atoms with Gasteiger partial charge in [-0.25, -0.2) is 4.79 Å². The molecule has 170 valence electrons. The molecule has 0 saturated heterocycles. The first-order valence-electron chi connectivity index (χ1n) is 11.2. The number of nitrogens with zero attached hydrogens (tertiary/aromatic N) is 1. The summed E-state index contributed by atoms with van der Waals surface area (Å²) < 4.78 is 5.82. The van der Waals surface area contributed by atoms with Crippen LogP contribution in [0.4, 0.5) is 5.69 Å². The third-order valence-corrected chi connectivity index (χ3v) is 6.17. The first-order chi connectivity index (χ1) is 15.8. The number of phenolic OH excluding ortho intramolecular Hbond substituents is 1. The largest absolute Gasteiger partial charge is 0.508 e. The maximum Gasteiger partial charge on any atom is 0.328 e. The lowest BCUT2D eigenvalue weighted by molar-refractivity contribution is -0.131. The number of phenols is 1. The van der Waals surface area contributed by atoms with Gasteiger partial charge in [-0.05, 0) is 91.9 Å². The summed E-state index contributed by atoms with van der Waals surface area (Å²) in [6.45, 7) is 7.01. The molecule has 0 bridgehead atoms. The van der Waals surface area contributed by atoms with Crippen molar-refractivity contribution >= 4 is 17.7 Å². The van der Waals surface area contributed by atoms with Gasteiger partial charge in [-0.2, -0.15) is 0 Å². The van der Waals surface area contributed by atoms with Crippen LogP contribution in [0.1, 0.15) is 43.0 Å². The van der Waals surface area contributed by atoms with Crippen LogP contribution in [-0.4, -0.2) is 28.8 Å². The average Bonchev–Trinajstić information content (AvgIpc) is 2.78. The van der Waals surface area contributed by atoms with E-state index in [0.717, 1.165) is 52.7 Å². The minimum absolute atomic E-state index is 0.115. The molecular weight excluding hydrogens is 414 g/mol. The van der Waals surface area contributed by atoms with E-state index in [-0.39, 0.29) is 11.9 Å².